The Morgan fingerprint density at radius 2 is 1.96 bits per heavy atom. The van der Waals surface area contributed by atoms with Gasteiger partial charge in [0.1, 0.15) is 11.9 Å². The fourth-order valence-electron chi connectivity index (χ4n) is 3.94. The van der Waals surface area contributed by atoms with Gasteiger partial charge in [-0.2, -0.15) is 0 Å². The monoisotopic (exact) mass is 383 g/mol. The average Bonchev–Trinajstić information content (AvgIpc) is 3.02. The molecule has 0 bridgehead atoms. The Morgan fingerprint density at radius 3 is 2.64 bits per heavy atom. The fraction of sp³-hybridized carbons (Fsp3) is 0.600. The highest BCUT2D eigenvalue weighted by atomic mass is 35.5. The number of hydrogen-bond donors (Lipinski definition) is 0. The predicted molar refractivity (Wildman–Crippen MR) is 104 cm³/mol. The summed E-state index contributed by atoms with van der Waals surface area (Å²) in [4.78, 5) is 2.56. The third-order valence-corrected chi connectivity index (χ3v) is 5.53. The third kappa shape index (κ3) is 5.37. The van der Waals surface area contributed by atoms with E-state index in [4.69, 9.17) is 32.7 Å². The first-order valence-corrected chi connectivity index (χ1v) is 9.95. The number of likely N-dealkylation sites (tertiary alicyclic amines) is 1. The van der Waals surface area contributed by atoms with Crippen molar-refractivity contribution in [2.24, 2.45) is 0 Å². The van der Waals surface area contributed by atoms with Gasteiger partial charge >= 0.3 is 0 Å². The van der Waals surface area contributed by atoms with Gasteiger partial charge in [0.2, 0.25) is 0 Å². The van der Waals surface area contributed by atoms with E-state index in [1.807, 2.05) is 12.1 Å². The Labute approximate surface area is 160 Å². The van der Waals surface area contributed by atoms with Crippen LogP contribution in [0.25, 0.3) is 0 Å². The zero-order chi connectivity index (χ0) is 17.6. The lowest BCUT2D eigenvalue weighted by atomic mass is 9.98. The maximum atomic E-state index is 6.26. The van der Waals surface area contributed by atoms with Crippen molar-refractivity contribution in [3.8, 4) is 5.75 Å². The Balaban J connectivity index is 1.70. The molecule has 25 heavy (non-hydrogen) atoms. The molecule has 5 heteroatoms. The molecule has 2 unspecified atom stereocenters. The summed E-state index contributed by atoms with van der Waals surface area (Å²) in [5, 5.41) is 1.18. The van der Waals surface area contributed by atoms with Crippen LogP contribution < -0.4 is 4.74 Å². The van der Waals surface area contributed by atoms with Gasteiger partial charge in [-0.1, -0.05) is 34.9 Å². The Kier molecular flexibility index (Phi) is 7.06. The summed E-state index contributed by atoms with van der Waals surface area (Å²) in [5.41, 5.74) is 1.58. The van der Waals surface area contributed by atoms with Gasteiger partial charge in [-0.05, 0) is 63.3 Å². The zero-order valence-electron chi connectivity index (χ0n) is 14.8. The molecule has 138 valence electrons. The number of nitrogens with zero attached hydrogens (tertiary/aromatic N) is 1. The second-order valence-corrected chi connectivity index (χ2v) is 7.88. The summed E-state index contributed by atoms with van der Waals surface area (Å²) in [6.45, 7) is 2.75. The van der Waals surface area contributed by atoms with E-state index in [-0.39, 0.29) is 6.10 Å². The van der Waals surface area contributed by atoms with E-state index in [1.54, 1.807) is 18.7 Å². The van der Waals surface area contributed by atoms with E-state index >= 15 is 0 Å². The van der Waals surface area contributed by atoms with Gasteiger partial charge < -0.3 is 9.47 Å². The lowest BCUT2D eigenvalue weighted by Crippen LogP contribution is -2.45. The van der Waals surface area contributed by atoms with Crippen molar-refractivity contribution in [3.05, 3.63) is 39.9 Å². The predicted octanol–water partition coefficient (Wildman–Crippen LogP) is 5.35. The molecule has 1 fully saturated rings. The summed E-state index contributed by atoms with van der Waals surface area (Å²) in [6.07, 6.45) is 9.87. The lowest BCUT2D eigenvalue weighted by Gasteiger charge is -2.32. The molecule has 1 aliphatic carbocycles. The molecule has 0 radical (unpaired) electrons. The molecule has 1 heterocycles. The molecule has 0 spiro atoms. The fourth-order valence-corrected chi connectivity index (χ4v) is 4.44. The van der Waals surface area contributed by atoms with Crippen LogP contribution in [0.2, 0.25) is 10.0 Å². The van der Waals surface area contributed by atoms with Gasteiger partial charge in [-0.25, -0.2) is 0 Å². The van der Waals surface area contributed by atoms with E-state index in [9.17, 15) is 0 Å². The topological polar surface area (TPSA) is 21.7 Å². The van der Waals surface area contributed by atoms with Gasteiger partial charge in [0.25, 0.3) is 0 Å². The number of hydrogen-bond acceptors (Lipinski definition) is 3. The molecule has 0 amide bonds. The van der Waals surface area contributed by atoms with E-state index in [2.05, 4.69) is 11.0 Å². The molecule has 0 aromatic heterocycles. The van der Waals surface area contributed by atoms with Crippen LogP contribution >= 0.6 is 23.2 Å². The van der Waals surface area contributed by atoms with Crippen molar-refractivity contribution in [1.29, 1.82) is 0 Å². The minimum atomic E-state index is -0.0220. The van der Waals surface area contributed by atoms with E-state index in [1.165, 1.54) is 32.1 Å². The van der Waals surface area contributed by atoms with Crippen molar-refractivity contribution >= 4 is 23.2 Å². The van der Waals surface area contributed by atoms with Crippen molar-refractivity contribution < 1.29 is 9.47 Å². The summed E-state index contributed by atoms with van der Waals surface area (Å²) in [7, 11) is 1.73. The molecule has 1 aliphatic heterocycles. The zero-order valence-corrected chi connectivity index (χ0v) is 16.4. The normalized spacial score (nSPS) is 22.7. The van der Waals surface area contributed by atoms with Crippen LogP contribution in [-0.4, -0.2) is 43.9 Å². The molecular weight excluding hydrogens is 357 g/mol. The standard InChI is InChI=1S/C20H27Cl2NO2/c1-24-14-20(25-18-11-16(21)10-17(22)12-18)19-8-5-9-23(19)13-15-6-3-2-4-7-15/h6,10-12,19-20H,2-5,7-9,13-14H2,1H3. The molecule has 0 saturated carbocycles. The van der Waals surface area contributed by atoms with Crippen LogP contribution in [-0.2, 0) is 4.74 Å². The molecule has 2 atom stereocenters. The van der Waals surface area contributed by atoms with Crippen LogP contribution in [0.5, 0.6) is 5.75 Å². The lowest BCUT2D eigenvalue weighted by molar-refractivity contribution is 0.0285. The van der Waals surface area contributed by atoms with E-state index < -0.39 is 0 Å². The van der Waals surface area contributed by atoms with Crippen LogP contribution in [0.1, 0.15) is 38.5 Å². The first kappa shape index (κ1) is 19.0. The van der Waals surface area contributed by atoms with Gasteiger partial charge in [0.05, 0.1) is 6.61 Å². The molecule has 0 N–H and O–H groups in total. The first-order valence-electron chi connectivity index (χ1n) is 9.19. The maximum Gasteiger partial charge on any atom is 0.137 e. The first-order chi connectivity index (χ1) is 12.2. The molecule has 3 nitrogen and oxygen atoms in total. The number of benzene rings is 1. The summed E-state index contributed by atoms with van der Waals surface area (Å²) < 4.78 is 11.7. The van der Waals surface area contributed by atoms with E-state index in [0.717, 1.165) is 19.5 Å². The van der Waals surface area contributed by atoms with Gasteiger partial charge in [0.15, 0.2) is 0 Å². The highest BCUT2D eigenvalue weighted by Gasteiger charge is 2.33. The van der Waals surface area contributed by atoms with E-state index in [0.29, 0.717) is 28.4 Å². The second kappa shape index (κ2) is 9.27. The second-order valence-electron chi connectivity index (χ2n) is 7.01. The molecular formula is C20H27Cl2NO2. The Bertz CT molecular complexity index is 585. The highest BCUT2D eigenvalue weighted by Crippen LogP contribution is 2.30. The van der Waals surface area contributed by atoms with Crippen LogP contribution in [0.4, 0.5) is 0 Å². The number of allylic oxidation sites excluding steroid dienone is 1. The number of ether oxygens (including phenoxy) is 2. The van der Waals surface area contributed by atoms with Crippen LogP contribution in [0.3, 0.4) is 0 Å². The number of rotatable bonds is 7. The Hall–Kier alpha value is -0.740. The molecule has 1 aromatic rings. The van der Waals surface area contributed by atoms with Crippen molar-refractivity contribution in [2.75, 3.05) is 26.8 Å². The minimum absolute atomic E-state index is 0.0220. The van der Waals surface area contributed by atoms with Crippen LogP contribution in [0, 0.1) is 0 Å². The Morgan fingerprint density at radius 1 is 1.16 bits per heavy atom. The van der Waals surface area contributed by atoms with Gasteiger partial charge in [0, 0.05) is 29.7 Å². The molecule has 2 aliphatic rings. The average molecular weight is 384 g/mol. The SMILES string of the molecule is COCC(Oc1cc(Cl)cc(Cl)c1)C1CCCN1CC1=CCCCC1. The third-order valence-electron chi connectivity index (χ3n) is 5.09. The van der Waals surface area contributed by atoms with Crippen molar-refractivity contribution in [2.45, 2.75) is 50.7 Å². The number of methoxy groups -OCH3 is 1. The summed E-state index contributed by atoms with van der Waals surface area (Å²) >= 11 is 12.2. The molecule has 1 aromatic carbocycles. The largest absolute Gasteiger partial charge is 0.486 e. The quantitative estimate of drug-likeness (QED) is 0.592. The summed E-state index contributed by atoms with van der Waals surface area (Å²) in [5.74, 6) is 0.711. The number of halogens is 2. The van der Waals surface area contributed by atoms with Crippen LogP contribution in [0.15, 0.2) is 29.8 Å². The molecule has 1 saturated heterocycles. The molecule has 3 rings (SSSR count). The van der Waals surface area contributed by atoms with Crippen molar-refractivity contribution in [3.63, 3.8) is 0 Å². The maximum absolute atomic E-state index is 6.26. The minimum Gasteiger partial charge on any atom is -0.486 e. The smallest absolute Gasteiger partial charge is 0.137 e. The summed E-state index contributed by atoms with van der Waals surface area (Å²) in [6, 6.07) is 5.72. The van der Waals surface area contributed by atoms with Gasteiger partial charge in [-0.3, -0.25) is 4.90 Å². The highest BCUT2D eigenvalue weighted by molar-refractivity contribution is 6.34. The van der Waals surface area contributed by atoms with Crippen molar-refractivity contribution in [1.82, 2.24) is 4.90 Å². The van der Waals surface area contributed by atoms with Gasteiger partial charge in [-0.15, -0.1) is 0 Å².